The number of hydrogen-bond acceptors (Lipinski definition) is 6. The summed E-state index contributed by atoms with van der Waals surface area (Å²) in [6.45, 7) is 8.97. The molecule has 0 amide bonds. The van der Waals surface area contributed by atoms with Crippen LogP contribution in [0.1, 0.15) is 297 Å². The molecule has 0 heterocycles. The van der Waals surface area contributed by atoms with Gasteiger partial charge in [0.15, 0.2) is 6.10 Å². The summed E-state index contributed by atoms with van der Waals surface area (Å²) in [6.07, 6.45) is 49.8. The van der Waals surface area contributed by atoms with Crippen molar-refractivity contribution in [3.05, 3.63) is 0 Å². The second kappa shape index (κ2) is 47.5. The molecule has 0 spiro atoms. The summed E-state index contributed by atoms with van der Waals surface area (Å²) < 4.78 is 16.7. The van der Waals surface area contributed by atoms with Crippen molar-refractivity contribution < 1.29 is 28.6 Å². The largest absolute Gasteiger partial charge is 0.462 e. The molecule has 0 aliphatic rings. The van der Waals surface area contributed by atoms with Crippen LogP contribution >= 0.6 is 0 Å². The van der Waals surface area contributed by atoms with E-state index in [1.165, 1.54) is 186 Å². The summed E-state index contributed by atoms with van der Waals surface area (Å²) >= 11 is 0. The van der Waals surface area contributed by atoms with Crippen molar-refractivity contribution in [2.75, 3.05) is 13.2 Å². The van der Waals surface area contributed by atoms with Crippen LogP contribution in [0.5, 0.6) is 0 Å². The van der Waals surface area contributed by atoms with Crippen LogP contribution < -0.4 is 0 Å². The molecule has 0 aromatic heterocycles. The Balaban J connectivity index is 4.08. The minimum atomic E-state index is -0.759. The first-order valence-corrected chi connectivity index (χ1v) is 26.4. The van der Waals surface area contributed by atoms with E-state index in [1.807, 2.05) is 0 Å². The summed E-state index contributed by atoms with van der Waals surface area (Å²) in [5, 5.41) is 0. The lowest BCUT2D eigenvalue weighted by Gasteiger charge is -2.18. The van der Waals surface area contributed by atoms with E-state index in [0.29, 0.717) is 19.3 Å². The molecular formula is C53H102O6. The van der Waals surface area contributed by atoms with Crippen molar-refractivity contribution in [2.24, 2.45) is 5.92 Å². The Labute approximate surface area is 368 Å². The molecule has 350 valence electrons. The van der Waals surface area contributed by atoms with E-state index in [-0.39, 0.29) is 31.1 Å². The SMILES string of the molecule is CCCCCCCCCCCCCCCCCCCCC(=O)O[C@H](COC(=O)CCCCCCC)COC(=O)CCCCCCCCCCCCCCCCCC(C)C. The van der Waals surface area contributed by atoms with Gasteiger partial charge in [-0.2, -0.15) is 0 Å². The zero-order valence-corrected chi connectivity index (χ0v) is 40.2. The highest BCUT2D eigenvalue weighted by Gasteiger charge is 2.19. The predicted octanol–water partition coefficient (Wildman–Crippen LogP) is 17.1. The third kappa shape index (κ3) is 47.3. The highest BCUT2D eigenvalue weighted by molar-refractivity contribution is 5.71. The second-order valence-electron chi connectivity index (χ2n) is 18.6. The molecule has 6 nitrogen and oxygen atoms in total. The van der Waals surface area contributed by atoms with Gasteiger partial charge in [0.1, 0.15) is 13.2 Å². The van der Waals surface area contributed by atoms with E-state index in [9.17, 15) is 14.4 Å². The monoisotopic (exact) mass is 835 g/mol. The zero-order chi connectivity index (χ0) is 43.1. The lowest BCUT2D eigenvalue weighted by atomic mass is 10.0. The molecule has 0 unspecified atom stereocenters. The van der Waals surface area contributed by atoms with E-state index in [4.69, 9.17) is 14.2 Å². The average Bonchev–Trinajstić information content (AvgIpc) is 3.22. The van der Waals surface area contributed by atoms with Gasteiger partial charge >= 0.3 is 17.9 Å². The number of carbonyl (C=O) groups is 3. The molecule has 0 saturated carbocycles. The maximum absolute atomic E-state index is 12.7. The molecule has 59 heavy (non-hydrogen) atoms. The zero-order valence-electron chi connectivity index (χ0n) is 40.2. The summed E-state index contributed by atoms with van der Waals surface area (Å²) in [5.74, 6) is -0.00868. The Morgan fingerprint density at radius 3 is 0.831 bits per heavy atom. The standard InChI is InChI=1S/C53H102O6/c1-5-7-9-11-12-13-14-15-16-17-18-21-25-28-31-34-38-42-46-53(56)59-50(47-57-51(54)44-40-35-10-8-6-2)48-58-52(55)45-41-37-33-30-27-24-22-19-20-23-26-29-32-36-39-43-49(3)4/h49-50H,5-48H2,1-4H3/t50-/m1/s1. The van der Waals surface area contributed by atoms with E-state index >= 15 is 0 Å². The van der Waals surface area contributed by atoms with Crippen molar-refractivity contribution in [1.29, 1.82) is 0 Å². The van der Waals surface area contributed by atoms with Crippen LogP contribution in [0.2, 0.25) is 0 Å². The van der Waals surface area contributed by atoms with Gasteiger partial charge in [-0.25, -0.2) is 0 Å². The summed E-state index contributed by atoms with van der Waals surface area (Å²) in [4.78, 5) is 37.7. The number of hydrogen-bond donors (Lipinski definition) is 0. The molecule has 0 radical (unpaired) electrons. The third-order valence-corrected chi connectivity index (χ3v) is 12.0. The fraction of sp³-hybridized carbons (Fsp3) is 0.943. The highest BCUT2D eigenvalue weighted by Crippen LogP contribution is 2.17. The first-order chi connectivity index (χ1) is 28.9. The van der Waals surface area contributed by atoms with Crippen molar-refractivity contribution in [3.8, 4) is 0 Å². The summed E-state index contributed by atoms with van der Waals surface area (Å²) in [6, 6.07) is 0. The third-order valence-electron chi connectivity index (χ3n) is 12.0. The molecule has 0 aromatic rings. The van der Waals surface area contributed by atoms with Gasteiger partial charge in [-0.3, -0.25) is 14.4 Å². The van der Waals surface area contributed by atoms with Gasteiger partial charge in [-0.15, -0.1) is 0 Å². The smallest absolute Gasteiger partial charge is 0.306 e. The van der Waals surface area contributed by atoms with Gasteiger partial charge in [0, 0.05) is 19.3 Å². The topological polar surface area (TPSA) is 78.9 Å². The first-order valence-electron chi connectivity index (χ1n) is 26.4. The number of rotatable bonds is 48. The quantitative estimate of drug-likeness (QED) is 0.0345. The molecule has 0 aromatic carbocycles. The van der Waals surface area contributed by atoms with Crippen molar-refractivity contribution in [3.63, 3.8) is 0 Å². The maximum Gasteiger partial charge on any atom is 0.306 e. The van der Waals surface area contributed by atoms with Crippen molar-refractivity contribution in [2.45, 2.75) is 303 Å². The normalized spacial score (nSPS) is 11.9. The van der Waals surface area contributed by atoms with Gasteiger partial charge in [0.05, 0.1) is 0 Å². The Morgan fingerprint density at radius 1 is 0.322 bits per heavy atom. The Morgan fingerprint density at radius 2 is 0.559 bits per heavy atom. The van der Waals surface area contributed by atoms with Crippen LogP contribution in [-0.2, 0) is 28.6 Å². The molecule has 0 saturated heterocycles. The Bertz CT molecular complexity index is 887. The maximum atomic E-state index is 12.7. The van der Waals surface area contributed by atoms with Crippen LogP contribution in [0, 0.1) is 5.92 Å². The first kappa shape index (κ1) is 57.4. The molecule has 0 rings (SSSR count). The van der Waals surface area contributed by atoms with Crippen LogP contribution in [0.4, 0.5) is 0 Å². The fourth-order valence-electron chi connectivity index (χ4n) is 8.04. The van der Waals surface area contributed by atoms with Crippen LogP contribution in [-0.4, -0.2) is 37.2 Å². The average molecular weight is 835 g/mol. The van der Waals surface area contributed by atoms with E-state index in [0.717, 1.165) is 70.1 Å². The van der Waals surface area contributed by atoms with Crippen molar-refractivity contribution >= 4 is 17.9 Å². The number of carbonyl (C=O) groups excluding carboxylic acids is 3. The van der Waals surface area contributed by atoms with Gasteiger partial charge in [0.2, 0.25) is 0 Å². The van der Waals surface area contributed by atoms with Gasteiger partial charge in [0.25, 0.3) is 0 Å². The molecule has 1 atom stereocenters. The molecular weight excluding hydrogens is 733 g/mol. The lowest BCUT2D eigenvalue weighted by molar-refractivity contribution is -0.167. The fourth-order valence-corrected chi connectivity index (χ4v) is 8.04. The van der Waals surface area contributed by atoms with Gasteiger partial charge in [-0.1, -0.05) is 259 Å². The molecule has 6 heteroatoms. The number of ether oxygens (including phenoxy) is 3. The molecule has 0 aliphatic carbocycles. The van der Waals surface area contributed by atoms with E-state index in [1.54, 1.807) is 0 Å². The second-order valence-corrected chi connectivity index (χ2v) is 18.6. The summed E-state index contributed by atoms with van der Waals surface area (Å²) in [7, 11) is 0. The molecule has 0 fully saturated rings. The molecule has 0 bridgehead atoms. The van der Waals surface area contributed by atoms with Gasteiger partial charge in [-0.05, 0) is 25.2 Å². The number of esters is 3. The van der Waals surface area contributed by atoms with Crippen LogP contribution in [0.25, 0.3) is 0 Å². The minimum Gasteiger partial charge on any atom is -0.462 e. The predicted molar refractivity (Wildman–Crippen MR) is 252 cm³/mol. The Hall–Kier alpha value is -1.59. The van der Waals surface area contributed by atoms with E-state index in [2.05, 4.69) is 27.7 Å². The summed E-state index contributed by atoms with van der Waals surface area (Å²) in [5.41, 5.74) is 0. The Kier molecular flexibility index (Phi) is 46.2. The minimum absolute atomic E-state index is 0.0637. The van der Waals surface area contributed by atoms with Gasteiger partial charge < -0.3 is 14.2 Å². The molecule has 0 N–H and O–H groups in total. The van der Waals surface area contributed by atoms with Crippen LogP contribution in [0.15, 0.2) is 0 Å². The van der Waals surface area contributed by atoms with Crippen LogP contribution in [0.3, 0.4) is 0 Å². The highest BCUT2D eigenvalue weighted by atomic mass is 16.6. The number of unbranched alkanes of at least 4 members (excludes halogenated alkanes) is 35. The van der Waals surface area contributed by atoms with E-state index < -0.39 is 6.10 Å². The van der Waals surface area contributed by atoms with Crippen molar-refractivity contribution in [1.82, 2.24) is 0 Å². The molecule has 0 aliphatic heterocycles. The lowest BCUT2D eigenvalue weighted by Crippen LogP contribution is -2.30.